The van der Waals surface area contributed by atoms with Crippen LogP contribution in [-0.4, -0.2) is 30.2 Å². The lowest BCUT2D eigenvalue weighted by atomic mass is 9.78. The van der Waals surface area contributed by atoms with Crippen molar-refractivity contribution in [3.05, 3.63) is 0 Å². The summed E-state index contributed by atoms with van der Waals surface area (Å²) in [5, 5.41) is 9.46. The molecule has 3 nitrogen and oxygen atoms in total. The molecule has 1 aliphatic heterocycles. The molecule has 78 valence electrons. The normalized spacial score (nSPS) is 46.4. The zero-order chi connectivity index (χ0) is 10.1. The van der Waals surface area contributed by atoms with Crippen LogP contribution in [0.25, 0.3) is 0 Å². The molecule has 1 aliphatic rings. The van der Waals surface area contributed by atoms with Crippen LogP contribution in [0.3, 0.4) is 0 Å². The van der Waals surface area contributed by atoms with Crippen LogP contribution in [0.4, 0.5) is 0 Å². The monoisotopic (exact) mass is 188 g/mol. The van der Waals surface area contributed by atoms with Crippen molar-refractivity contribution in [1.82, 2.24) is 0 Å². The number of aliphatic hydroxyl groups is 1. The first-order chi connectivity index (χ1) is 6.03. The van der Waals surface area contributed by atoms with Crippen molar-refractivity contribution < 1.29 is 14.6 Å². The maximum atomic E-state index is 9.46. The second kappa shape index (κ2) is 3.95. The topological polar surface area (TPSA) is 38.7 Å². The molecule has 1 unspecified atom stereocenters. The summed E-state index contributed by atoms with van der Waals surface area (Å²) in [5.41, 5.74) is -0.244. The molecule has 0 aromatic rings. The van der Waals surface area contributed by atoms with Crippen molar-refractivity contribution >= 4 is 0 Å². The Kier molecular flexibility index (Phi) is 3.33. The number of hydrogen-bond acceptors (Lipinski definition) is 3. The summed E-state index contributed by atoms with van der Waals surface area (Å²) in [6, 6.07) is 0. The van der Waals surface area contributed by atoms with Gasteiger partial charge in [-0.3, -0.25) is 0 Å². The highest BCUT2D eigenvalue weighted by atomic mass is 16.6. The van der Waals surface area contributed by atoms with Crippen molar-refractivity contribution in [3.8, 4) is 0 Å². The van der Waals surface area contributed by atoms with Gasteiger partial charge in [0.15, 0.2) is 6.29 Å². The summed E-state index contributed by atoms with van der Waals surface area (Å²) >= 11 is 0. The lowest BCUT2D eigenvalue weighted by Crippen LogP contribution is -2.51. The second-order valence-corrected chi connectivity index (χ2v) is 4.03. The molecule has 0 aliphatic carbocycles. The molecule has 0 saturated carbocycles. The van der Waals surface area contributed by atoms with Gasteiger partial charge in [0.2, 0.25) is 0 Å². The van der Waals surface area contributed by atoms with Crippen LogP contribution in [0.15, 0.2) is 0 Å². The molecule has 0 aromatic carbocycles. The summed E-state index contributed by atoms with van der Waals surface area (Å²) in [5.74, 6) is 0.362. The quantitative estimate of drug-likeness (QED) is 0.714. The van der Waals surface area contributed by atoms with E-state index in [4.69, 9.17) is 9.47 Å². The van der Waals surface area contributed by atoms with Gasteiger partial charge in [-0.1, -0.05) is 6.92 Å². The molecule has 0 amide bonds. The van der Waals surface area contributed by atoms with Crippen LogP contribution in [0.1, 0.15) is 33.6 Å². The van der Waals surface area contributed by atoms with E-state index in [0.717, 1.165) is 6.42 Å². The molecule has 0 aromatic heterocycles. The van der Waals surface area contributed by atoms with Crippen molar-refractivity contribution in [2.45, 2.75) is 51.6 Å². The van der Waals surface area contributed by atoms with Crippen LogP contribution in [0, 0.1) is 5.92 Å². The molecule has 1 rings (SSSR count). The van der Waals surface area contributed by atoms with Crippen LogP contribution >= 0.6 is 0 Å². The predicted molar refractivity (Wildman–Crippen MR) is 50.4 cm³/mol. The third-order valence-electron chi connectivity index (χ3n) is 3.21. The van der Waals surface area contributed by atoms with Crippen LogP contribution in [0.2, 0.25) is 0 Å². The highest BCUT2D eigenvalue weighted by Gasteiger charge is 2.43. The highest BCUT2D eigenvalue weighted by Crippen LogP contribution is 2.37. The van der Waals surface area contributed by atoms with E-state index >= 15 is 0 Å². The smallest absolute Gasteiger partial charge is 0.157 e. The first kappa shape index (κ1) is 11.0. The zero-order valence-electron chi connectivity index (χ0n) is 8.91. The van der Waals surface area contributed by atoms with Gasteiger partial charge in [-0.2, -0.15) is 0 Å². The summed E-state index contributed by atoms with van der Waals surface area (Å²) in [6.45, 7) is 6.16. The Morgan fingerprint density at radius 3 is 2.69 bits per heavy atom. The largest absolute Gasteiger partial charge is 0.378 e. The summed E-state index contributed by atoms with van der Waals surface area (Å²) in [6.07, 6.45) is 0.964. The molecule has 0 spiro atoms. The molecule has 0 bridgehead atoms. The van der Waals surface area contributed by atoms with Gasteiger partial charge < -0.3 is 14.6 Å². The van der Waals surface area contributed by atoms with Crippen LogP contribution in [-0.2, 0) is 9.47 Å². The molecule has 3 heteroatoms. The fourth-order valence-electron chi connectivity index (χ4n) is 2.38. The van der Waals surface area contributed by atoms with E-state index in [0.29, 0.717) is 12.3 Å². The Bertz CT molecular complexity index is 172. The van der Waals surface area contributed by atoms with Crippen molar-refractivity contribution in [3.63, 3.8) is 0 Å². The Hall–Kier alpha value is -0.120. The van der Waals surface area contributed by atoms with Gasteiger partial charge in [0.25, 0.3) is 0 Å². The Balaban J connectivity index is 2.77. The lowest BCUT2D eigenvalue weighted by Gasteiger charge is -2.45. The molecular formula is C10H20O3. The van der Waals surface area contributed by atoms with Gasteiger partial charge in [0.05, 0.1) is 11.7 Å². The first-order valence-electron chi connectivity index (χ1n) is 4.92. The Morgan fingerprint density at radius 1 is 1.62 bits per heavy atom. The third-order valence-corrected chi connectivity index (χ3v) is 3.21. The van der Waals surface area contributed by atoms with Crippen molar-refractivity contribution in [1.29, 1.82) is 0 Å². The van der Waals surface area contributed by atoms with Gasteiger partial charge in [0.1, 0.15) is 0 Å². The zero-order valence-corrected chi connectivity index (χ0v) is 8.91. The Labute approximate surface area is 80.0 Å². The molecule has 1 N–H and O–H groups in total. The van der Waals surface area contributed by atoms with Crippen molar-refractivity contribution in [2.75, 3.05) is 7.11 Å². The molecule has 4 atom stereocenters. The van der Waals surface area contributed by atoms with E-state index in [2.05, 4.69) is 6.92 Å². The Morgan fingerprint density at radius 2 is 2.23 bits per heavy atom. The van der Waals surface area contributed by atoms with Gasteiger partial charge in [-0.05, 0) is 20.3 Å². The predicted octanol–water partition coefficient (Wildman–Crippen LogP) is 1.54. The van der Waals surface area contributed by atoms with Gasteiger partial charge in [-0.15, -0.1) is 0 Å². The van der Waals surface area contributed by atoms with Crippen LogP contribution in [0.5, 0.6) is 0 Å². The fraction of sp³-hybridized carbons (Fsp3) is 1.00. The number of aliphatic hydroxyl groups excluding tert-OH is 1. The summed E-state index contributed by atoms with van der Waals surface area (Å²) in [7, 11) is 1.70. The number of ether oxygens (including phenoxy) is 2. The minimum Gasteiger partial charge on any atom is -0.378 e. The van der Waals surface area contributed by atoms with E-state index in [1.807, 2.05) is 13.8 Å². The van der Waals surface area contributed by atoms with E-state index in [9.17, 15) is 5.11 Å². The number of methoxy groups -OCH3 is 1. The van der Waals surface area contributed by atoms with E-state index in [-0.39, 0.29) is 11.7 Å². The molecular weight excluding hydrogens is 168 g/mol. The SMILES string of the molecule is CCC1[C@H](C)O[C@@H](O)C[C@@]1(C)OC. The van der Waals surface area contributed by atoms with E-state index in [1.54, 1.807) is 7.11 Å². The summed E-state index contributed by atoms with van der Waals surface area (Å²) in [4.78, 5) is 0. The molecule has 1 heterocycles. The molecule has 0 radical (unpaired) electrons. The minimum absolute atomic E-state index is 0.0682. The highest BCUT2D eigenvalue weighted by molar-refractivity contribution is 4.91. The lowest BCUT2D eigenvalue weighted by molar-refractivity contribution is -0.245. The standard InChI is InChI=1S/C10H20O3/c1-5-8-7(2)13-9(11)6-10(8,3)12-4/h7-9,11H,5-6H2,1-4H3/t7-,8?,9+,10+/m0/s1. The van der Waals surface area contributed by atoms with Gasteiger partial charge in [-0.25, -0.2) is 0 Å². The second-order valence-electron chi connectivity index (χ2n) is 4.03. The minimum atomic E-state index is -0.678. The number of rotatable bonds is 2. The maximum absolute atomic E-state index is 9.46. The van der Waals surface area contributed by atoms with Gasteiger partial charge in [0, 0.05) is 19.4 Å². The average Bonchev–Trinajstić information content (AvgIpc) is 2.03. The van der Waals surface area contributed by atoms with E-state index < -0.39 is 6.29 Å². The number of hydrogen-bond donors (Lipinski definition) is 1. The molecule has 13 heavy (non-hydrogen) atoms. The fourth-order valence-corrected chi connectivity index (χ4v) is 2.38. The first-order valence-corrected chi connectivity index (χ1v) is 4.92. The molecule has 1 saturated heterocycles. The van der Waals surface area contributed by atoms with Crippen LogP contribution < -0.4 is 0 Å². The third kappa shape index (κ3) is 2.03. The van der Waals surface area contributed by atoms with E-state index in [1.165, 1.54) is 0 Å². The molecule has 1 fully saturated rings. The van der Waals surface area contributed by atoms with Crippen molar-refractivity contribution in [2.24, 2.45) is 5.92 Å². The maximum Gasteiger partial charge on any atom is 0.157 e. The van der Waals surface area contributed by atoms with Gasteiger partial charge >= 0.3 is 0 Å². The average molecular weight is 188 g/mol. The summed E-state index contributed by atoms with van der Waals surface area (Å²) < 4.78 is 10.8.